The second kappa shape index (κ2) is 10.8. The zero-order valence-corrected chi connectivity index (χ0v) is 17.4. The largest absolute Gasteiger partial charge is 0.452 e. The van der Waals surface area contributed by atoms with Gasteiger partial charge in [-0.1, -0.05) is 17.7 Å². The number of halogens is 3. The molecule has 3 rings (SSSR count). The average Bonchev–Trinajstić information content (AvgIpc) is 2.78. The van der Waals surface area contributed by atoms with Crippen molar-refractivity contribution in [2.24, 2.45) is 0 Å². The first-order chi connectivity index (χ1) is 15.3. The van der Waals surface area contributed by atoms with E-state index in [4.69, 9.17) is 4.74 Å². The fourth-order valence-electron chi connectivity index (χ4n) is 3.33. The molecule has 0 fully saturated rings. The monoisotopic (exact) mass is 447 g/mol. The number of anilines is 2. The van der Waals surface area contributed by atoms with Gasteiger partial charge >= 0.3 is 12.1 Å². The molecular formula is C23H24F3N3O3. The number of nitrogens with one attached hydrogen (secondary N) is 2. The average molecular weight is 447 g/mol. The standard InChI is InChI=1S/C23H24F3N3O3/c24-23(25,26)17-8-4-9-18(14-17)29-21-19(10-5-12-28-21)22(31)32-15-20(30)27-13-11-16-6-2-1-3-7-16/h4-6,8-10,12,14H,1-3,7,11,13,15H2,(H,27,30)(H,28,29). The van der Waals surface area contributed by atoms with Crippen LogP contribution in [0, 0.1) is 0 Å². The Morgan fingerprint density at radius 1 is 1.12 bits per heavy atom. The number of aromatic nitrogens is 1. The third-order valence-electron chi connectivity index (χ3n) is 4.97. The van der Waals surface area contributed by atoms with Gasteiger partial charge in [-0.05, 0) is 62.4 Å². The highest BCUT2D eigenvalue weighted by atomic mass is 19.4. The number of pyridine rings is 1. The van der Waals surface area contributed by atoms with Gasteiger partial charge in [0.15, 0.2) is 6.61 Å². The summed E-state index contributed by atoms with van der Waals surface area (Å²) < 4.78 is 43.8. The molecule has 0 saturated heterocycles. The predicted octanol–water partition coefficient (Wildman–Crippen LogP) is 5.01. The van der Waals surface area contributed by atoms with E-state index in [1.54, 1.807) is 0 Å². The smallest absolute Gasteiger partial charge is 0.416 e. The second-order valence-electron chi connectivity index (χ2n) is 7.39. The van der Waals surface area contributed by atoms with Crippen molar-refractivity contribution < 1.29 is 27.5 Å². The van der Waals surface area contributed by atoms with Gasteiger partial charge in [-0.2, -0.15) is 13.2 Å². The van der Waals surface area contributed by atoms with E-state index in [2.05, 4.69) is 21.7 Å². The lowest BCUT2D eigenvalue weighted by Gasteiger charge is -2.14. The zero-order valence-electron chi connectivity index (χ0n) is 17.4. The van der Waals surface area contributed by atoms with Crippen molar-refractivity contribution in [2.75, 3.05) is 18.5 Å². The van der Waals surface area contributed by atoms with Gasteiger partial charge in [0, 0.05) is 18.4 Å². The van der Waals surface area contributed by atoms with Crippen LogP contribution in [-0.4, -0.2) is 30.0 Å². The van der Waals surface area contributed by atoms with Gasteiger partial charge in [-0.15, -0.1) is 0 Å². The summed E-state index contributed by atoms with van der Waals surface area (Å²) in [6.07, 6.45) is 4.36. The highest BCUT2D eigenvalue weighted by Crippen LogP contribution is 2.31. The van der Waals surface area contributed by atoms with Crippen molar-refractivity contribution in [3.63, 3.8) is 0 Å². The van der Waals surface area contributed by atoms with Crippen LogP contribution in [0.3, 0.4) is 0 Å². The number of hydrogen-bond donors (Lipinski definition) is 2. The Balaban J connectivity index is 1.55. The van der Waals surface area contributed by atoms with Gasteiger partial charge in [-0.25, -0.2) is 9.78 Å². The Morgan fingerprint density at radius 3 is 2.72 bits per heavy atom. The summed E-state index contributed by atoms with van der Waals surface area (Å²) in [5, 5.41) is 5.42. The molecule has 0 saturated carbocycles. The number of nitrogens with zero attached hydrogens (tertiary/aromatic N) is 1. The molecule has 1 aliphatic rings. The molecule has 1 aliphatic carbocycles. The van der Waals surface area contributed by atoms with Crippen molar-refractivity contribution >= 4 is 23.4 Å². The summed E-state index contributed by atoms with van der Waals surface area (Å²) in [7, 11) is 0. The summed E-state index contributed by atoms with van der Waals surface area (Å²) in [5.41, 5.74) is 0.616. The van der Waals surface area contributed by atoms with E-state index in [9.17, 15) is 22.8 Å². The molecule has 0 spiro atoms. The summed E-state index contributed by atoms with van der Waals surface area (Å²) in [6, 6.07) is 7.44. The first kappa shape index (κ1) is 23.3. The molecule has 0 aliphatic heterocycles. The topological polar surface area (TPSA) is 80.3 Å². The van der Waals surface area contributed by atoms with Gasteiger partial charge in [0.1, 0.15) is 11.4 Å². The van der Waals surface area contributed by atoms with Crippen LogP contribution in [0.15, 0.2) is 54.2 Å². The van der Waals surface area contributed by atoms with Crippen molar-refractivity contribution in [1.29, 1.82) is 0 Å². The fourth-order valence-corrected chi connectivity index (χ4v) is 3.33. The Bertz CT molecular complexity index is 990. The van der Waals surface area contributed by atoms with E-state index < -0.39 is 30.2 Å². The minimum atomic E-state index is -4.50. The molecular weight excluding hydrogens is 423 g/mol. The maximum Gasteiger partial charge on any atom is 0.416 e. The maximum absolute atomic E-state index is 12.9. The Morgan fingerprint density at radius 2 is 1.97 bits per heavy atom. The third-order valence-corrected chi connectivity index (χ3v) is 4.97. The minimum Gasteiger partial charge on any atom is -0.452 e. The van der Waals surface area contributed by atoms with Crippen LogP contribution in [0.4, 0.5) is 24.7 Å². The van der Waals surface area contributed by atoms with Gasteiger partial charge in [0.2, 0.25) is 0 Å². The van der Waals surface area contributed by atoms with Crippen molar-refractivity contribution in [3.05, 3.63) is 65.4 Å². The molecule has 0 bridgehead atoms. The maximum atomic E-state index is 12.9. The van der Waals surface area contributed by atoms with E-state index in [-0.39, 0.29) is 17.1 Å². The number of benzene rings is 1. The van der Waals surface area contributed by atoms with Gasteiger partial charge in [0.25, 0.3) is 5.91 Å². The number of carbonyl (C=O) groups excluding carboxylic acids is 2. The third kappa shape index (κ3) is 6.83. The first-order valence-electron chi connectivity index (χ1n) is 10.3. The summed E-state index contributed by atoms with van der Waals surface area (Å²) in [5.74, 6) is -1.20. The fraction of sp³-hybridized carbons (Fsp3) is 0.348. The normalized spacial score (nSPS) is 13.8. The number of rotatable bonds is 8. The van der Waals surface area contributed by atoms with Crippen molar-refractivity contribution in [3.8, 4) is 0 Å². The van der Waals surface area contributed by atoms with Crippen LogP contribution in [0.25, 0.3) is 0 Å². The number of hydrogen-bond acceptors (Lipinski definition) is 5. The molecule has 32 heavy (non-hydrogen) atoms. The summed E-state index contributed by atoms with van der Waals surface area (Å²) in [6.45, 7) is 0.00718. The van der Waals surface area contributed by atoms with Crippen LogP contribution < -0.4 is 10.6 Å². The predicted molar refractivity (Wildman–Crippen MR) is 113 cm³/mol. The number of esters is 1. The molecule has 1 aromatic heterocycles. The molecule has 1 heterocycles. The van der Waals surface area contributed by atoms with Crippen molar-refractivity contribution in [2.45, 2.75) is 38.3 Å². The quantitative estimate of drug-likeness (QED) is 0.439. The summed E-state index contributed by atoms with van der Waals surface area (Å²) in [4.78, 5) is 28.4. The molecule has 6 nitrogen and oxygen atoms in total. The molecule has 1 amide bonds. The highest BCUT2D eigenvalue weighted by Gasteiger charge is 2.30. The molecule has 2 N–H and O–H groups in total. The molecule has 1 aromatic carbocycles. The second-order valence-corrected chi connectivity index (χ2v) is 7.39. The minimum absolute atomic E-state index is 0.00470. The van der Waals surface area contributed by atoms with Crippen LogP contribution in [0.5, 0.6) is 0 Å². The van der Waals surface area contributed by atoms with Gasteiger partial charge < -0.3 is 15.4 Å². The lowest BCUT2D eigenvalue weighted by molar-refractivity contribution is -0.137. The Hall–Kier alpha value is -3.36. The number of alkyl halides is 3. The highest BCUT2D eigenvalue weighted by molar-refractivity contribution is 5.96. The van der Waals surface area contributed by atoms with Crippen LogP contribution in [-0.2, 0) is 15.7 Å². The molecule has 2 aromatic rings. The van der Waals surface area contributed by atoms with E-state index in [1.807, 2.05) is 0 Å². The number of allylic oxidation sites excluding steroid dienone is 1. The SMILES string of the molecule is O=C(COC(=O)c1cccnc1Nc1cccc(C(F)(F)F)c1)NCCC1=CCCCC1. The van der Waals surface area contributed by atoms with Crippen LogP contribution >= 0.6 is 0 Å². The number of carbonyl (C=O) groups is 2. The van der Waals surface area contributed by atoms with Crippen LogP contribution in [0.2, 0.25) is 0 Å². The van der Waals surface area contributed by atoms with E-state index in [0.29, 0.717) is 6.54 Å². The Labute approximate surface area is 183 Å². The Kier molecular flexibility index (Phi) is 7.86. The van der Waals surface area contributed by atoms with Crippen molar-refractivity contribution in [1.82, 2.24) is 10.3 Å². The molecule has 0 atom stereocenters. The zero-order chi connectivity index (χ0) is 23.0. The van der Waals surface area contributed by atoms with Gasteiger partial charge in [0.05, 0.1) is 5.56 Å². The van der Waals surface area contributed by atoms with E-state index >= 15 is 0 Å². The van der Waals surface area contributed by atoms with Gasteiger partial charge in [-0.3, -0.25) is 4.79 Å². The van der Waals surface area contributed by atoms with E-state index in [1.165, 1.54) is 48.9 Å². The molecule has 0 radical (unpaired) electrons. The summed E-state index contributed by atoms with van der Waals surface area (Å²) >= 11 is 0. The molecule has 170 valence electrons. The lowest BCUT2D eigenvalue weighted by Crippen LogP contribution is -2.30. The first-order valence-corrected chi connectivity index (χ1v) is 10.3. The molecule has 9 heteroatoms. The van der Waals surface area contributed by atoms with E-state index in [0.717, 1.165) is 31.4 Å². The number of ether oxygens (including phenoxy) is 1. The lowest BCUT2D eigenvalue weighted by atomic mass is 9.97. The molecule has 0 unspecified atom stereocenters. The van der Waals surface area contributed by atoms with Crippen LogP contribution in [0.1, 0.15) is 48.0 Å². The number of amides is 1.